The van der Waals surface area contributed by atoms with Crippen molar-refractivity contribution in [3.63, 3.8) is 0 Å². The predicted octanol–water partition coefficient (Wildman–Crippen LogP) is 3.18. The second kappa shape index (κ2) is 6.76. The van der Waals surface area contributed by atoms with E-state index < -0.39 is 5.60 Å². The quantitative estimate of drug-likeness (QED) is 0.851. The Labute approximate surface area is 169 Å². The van der Waals surface area contributed by atoms with Gasteiger partial charge in [0.1, 0.15) is 11.3 Å². The van der Waals surface area contributed by atoms with Gasteiger partial charge >= 0.3 is 0 Å². The second-order valence-electron chi connectivity index (χ2n) is 8.24. The summed E-state index contributed by atoms with van der Waals surface area (Å²) in [6.45, 7) is 4.17. The minimum Gasteiger partial charge on any atom is -0.454 e. The Bertz CT molecular complexity index is 917. The standard InChI is InChI=1S/C22H26N2O5/c1-3-16-20(17(4-2)29-23-16)21(25)24-14-6-7-15(24)11-22(26,10-14)13-5-8-18-19(9-13)28-12-27-18/h5,8-9,14-15,26H,3-4,6-7,10-12H2,1-2H3/t14-,15-/m1/s1. The molecule has 154 valence electrons. The van der Waals surface area contributed by atoms with Crippen molar-refractivity contribution in [3.8, 4) is 11.5 Å². The van der Waals surface area contributed by atoms with Crippen LogP contribution in [0.3, 0.4) is 0 Å². The summed E-state index contributed by atoms with van der Waals surface area (Å²) >= 11 is 0. The number of hydrogen-bond acceptors (Lipinski definition) is 6. The lowest BCUT2D eigenvalue weighted by molar-refractivity contribution is -0.0480. The van der Waals surface area contributed by atoms with Gasteiger partial charge in [-0.05, 0) is 37.0 Å². The molecule has 4 heterocycles. The van der Waals surface area contributed by atoms with Gasteiger partial charge in [-0.15, -0.1) is 0 Å². The average Bonchev–Trinajstić information content (AvgIpc) is 3.42. The summed E-state index contributed by atoms with van der Waals surface area (Å²) in [4.78, 5) is 15.5. The van der Waals surface area contributed by atoms with Crippen molar-refractivity contribution in [2.45, 2.75) is 70.1 Å². The first-order valence-corrected chi connectivity index (χ1v) is 10.5. The van der Waals surface area contributed by atoms with Crippen LogP contribution in [0.5, 0.6) is 11.5 Å². The number of aromatic nitrogens is 1. The van der Waals surface area contributed by atoms with Crippen molar-refractivity contribution in [1.29, 1.82) is 0 Å². The number of carbonyl (C=O) groups is 1. The molecule has 1 amide bonds. The SMILES string of the molecule is CCc1noc(CC)c1C(=O)N1[C@@H]2CC[C@@H]1CC(O)(c1ccc3c(c1)OCO3)C2. The first-order valence-electron chi connectivity index (χ1n) is 10.5. The van der Waals surface area contributed by atoms with Gasteiger partial charge in [0.25, 0.3) is 5.91 Å². The topological polar surface area (TPSA) is 85.0 Å². The molecular weight excluding hydrogens is 372 g/mol. The van der Waals surface area contributed by atoms with E-state index in [1.54, 1.807) is 0 Å². The molecule has 7 heteroatoms. The largest absolute Gasteiger partial charge is 0.454 e. The van der Waals surface area contributed by atoms with E-state index in [0.717, 1.165) is 24.1 Å². The van der Waals surface area contributed by atoms with Crippen molar-refractivity contribution in [2.75, 3.05) is 6.79 Å². The Morgan fingerprint density at radius 1 is 1.17 bits per heavy atom. The van der Waals surface area contributed by atoms with Gasteiger partial charge < -0.3 is 24.0 Å². The van der Waals surface area contributed by atoms with Gasteiger partial charge in [-0.1, -0.05) is 25.1 Å². The third-order valence-electron chi connectivity index (χ3n) is 6.61. The number of carbonyl (C=O) groups excluding carboxylic acids is 1. The van der Waals surface area contributed by atoms with Crippen LogP contribution in [-0.2, 0) is 18.4 Å². The number of aliphatic hydroxyl groups is 1. The zero-order valence-corrected chi connectivity index (χ0v) is 16.8. The summed E-state index contributed by atoms with van der Waals surface area (Å²) in [6.07, 6.45) is 4.13. The first-order chi connectivity index (χ1) is 14.0. The Hall–Kier alpha value is -2.54. The Morgan fingerprint density at radius 2 is 1.90 bits per heavy atom. The molecule has 0 saturated carbocycles. The van der Waals surface area contributed by atoms with Crippen LogP contribution in [-0.4, -0.2) is 39.9 Å². The number of aryl methyl sites for hydroxylation is 2. The first kappa shape index (κ1) is 18.5. The molecule has 1 N–H and O–H groups in total. The maximum Gasteiger partial charge on any atom is 0.259 e. The van der Waals surface area contributed by atoms with Gasteiger partial charge in [-0.25, -0.2) is 0 Å². The lowest BCUT2D eigenvalue weighted by Gasteiger charge is -2.44. The maximum absolute atomic E-state index is 13.5. The minimum absolute atomic E-state index is 0.000173. The van der Waals surface area contributed by atoms with E-state index >= 15 is 0 Å². The minimum atomic E-state index is -0.973. The molecule has 1 aromatic heterocycles. The Kier molecular flexibility index (Phi) is 4.31. The molecule has 2 saturated heterocycles. The molecule has 7 nitrogen and oxygen atoms in total. The van der Waals surface area contributed by atoms with Crippen molar-refractivity contribution in [2.24, 2.45) is 0 Å². The van der Waals surface area contributed by atoms with Crippen LogP contribution in [0.2, 0.25) is 0 Å². The number of hydrogen-bond donors (Lipinski definition) is 1. The van der Waals surface area contributed by atoms with E-state index in [1.807, 2.05) is 36.9 Å². The number of fused-ring (bicyclic) bond motifs is 3. The summed E-state index contributed by atoms with van der Waals surface area (Å²) in [5.41, 5.74) is 1.21. The van der Waals surface area contributed by atoms with Crippen molar-refractivity contribution < 1.29 is 23.9 Å². The highest BCUT2D eigenvalue weighted by Crippen LogP contribution is 2.48. The highest BCUT2D eigenvalue weighted by atomic mass is 16.7. The van der Waals surface area contributed by atoms with Crippen LogP contribution in [0.15, 0.2) is 22.7 Å². The highest BCUT2D eigenvalue weighted by molar-refractivity contribution is 5.97. The highest BCUT2D eigenvalue weighted by Gasteiger charge is 2.51. The Balaban J connectivity index is 1.43. The van der Waals surface area contributed by atoms with Crippen molar-refractivity contribution in [1.82, 2.24) is 10.1 Å². The summed E-state index contributed by atoms with van der Waals surface area (Å²) in [7, 11) is 0. The van der Waals surface area contributed by atoms with Crippen molar-refractivity contribution >= 4 is 5.91 Å². The van der Waals surface area contributed by atoms with Crippen LogP contribution in [0.1, 0.15) is 66.9 Å². The molecule has 2 aromatic rings. The van der Waals surface area contributed by atoms with E-state index in [4.69, 9.17) is 14.0 Å². The number of nitrogens with zero attached hydrogens (tertiary/aromatic N) is 2. The number of amides is 1. The van der Waals surface area contributed by atoms with Gasteiger partial charge in [0.15, 0.2) is 11.5 Å². The van der Waals surface area contributed by atoms with Gasteiger partial charge in [0.2, 0.25) is 6.79 Å². The van der Waals surface area contributed by atoms with Crippen LogP contribution < -0.4 is 9.47 Å². The van der Waals surface area contributed by atoms with Crippen molar-refractivity contribution in [3.05, 3.63) is 40.8 Å². The van der Waals surface area contributed by atoms with E-state index in [2.05, 4.69) is 5.16 Å². The monoisotopic (exact) mass is 398 g/mol. The molecule has 0 unspecified atom stereocenters. The Morgan fingerprint density at radius 3 is 2.59 bits per heavy atom. The lowest BCUT2D eigenvalue weighted by Crippen LogP contribution is -2.52. The molecule has 2 atom stereocenters. The number of piperidine rings is 1. The van der Waals surface area contributed by atoms with Gasteiger partial charge in [0.05, 0.1) is 11.3 Å². The zero-order chi connectivity index (χ0) is 20.2. The van der Waals surface area contributed by atoms with Gasteiger partial charge in [-0.3, -0.25) is 4.79 Å². The predicted molar refractivity (Wildman–Crippen MR) is 104 cm³/mol. The van der Waals surface area contributed by atoms with E-state index in [-0.39, 0.29) is 24.8 Å². The van der Waals surface area contributed by atoms with Crippen LogP contribution in [0.4, 0.5) is 0 Å². The molecule has 1 aromatic carbocycles. The summed E-state index contributed by atoms with van der Waals surface area (Å²) in [5.74, 6) is 2.04. The fourth-order valence-electron chi connectivity index (χ4n) is 5.20. The summed E-state index contributed by atoms with van der Waals surface area (Å²) in [5, 5.41) is 15.6. The molecule has 3 aliphatic heterocycles. The lowest BCUT2D eigenvalue weighted by atomic mass is 9.80. The average molecular weight is 398 g/mol. The maximum atomic E-state index is 13.5. The van der Waals surface area contributed by atoms with Crippen LogP contribution in [0.25, 0.3) is 0 Å². The fourth-order valence-corrected chi connectivity index (χ4v) is 5.20. The zero-order valence-electron chi connectivity index (χ0n) is 16.8. The molecule has 3 aliphatic rings. The van der Waals surface area contributed by atoms with E-state index in [0.29, 0.717) is 48.5 Å². The molecule has 0 aliphatic carbocycles. The molecule has 2 fully saturated rings. The van der Waals surface area contributed by atoms with Gasteiger partial charge in [-0.2, -0.15) is 0 Å². The third kappa shape index (κ3) is 2.82. The number of ether oxygens (including phenoxy) is 2. The van der Waals surface area contributed by atoms with Crippen LogP contribution in [0, 0.1) is 0 Å². The molecule has 2 bridgehead atoms. The van der Waals surface area contributed by atoms with E-state index in [9.17, 15) is 9.90 Å². The van der Waals surface area contributed by atoms with Crippen LogP contribution >= 0.6 is 0 Å². The smallest absolute Gasteiger partial charge is 0.259 e. The third-order valence-corrected chi connectivity index (χ3v) is 6.61. The number of rotatable bonds is 4. The fraction of sp³-hybridized carbons (Fsp3) is 0.545. The molecule has 29 heavy (non-hydrogen) atoms. The molecule has 5 rings (SSSR count). The van der Waals surface area contributed by atoms with E-state index in [1.165, 1.54) is 0 Å². The molecular formula is C22H26N2O5. The van der Waals surface area contributed by atoms with Gasteiger partial charge in [0, 0.05) is 31.3 Å². The summed E-state index contributed by atoms with van der Waals surface area (Å²) in [6, 6.07) is 5.65. The summed E-state index contributed by atoms with van der Waals surface area (Å²) < 4.78 is 16.3. The molecule has 0 radical (unpaired) electrons. The second-order valence-corrected chi connectivity index (χ2v) is 8.24. The normalized spacial score (nSPS) is 27.5. The molecule has 0 spiro atoms. The number of benzene rings is 1.